The second kappa shape index (κ2) is 24.5. The molecule has 2 N–H and O–H groups in total. The lowest BCUT2D eigenvalue weighted by Crippen LogP contribution is -2.70. The summed E-state index contributed by atoms with van der Waals surface area (Å²) < 4.78 is 50.7. The van der Waals surface area contributed by atoms with Gasteiger partial charge in [-0.2, -0.15) is 0 Å². The van der Waals surface area contributed by atoms with Crippen LogP contribution in [0.2, 0.25) is 0 Å². The summed E-state index contributed by atoms with van der Waals surface area (Å²) in [6.45, 7) is 5.28. The highest BCUT2D eigenvalue weighted by molar-refractivity contribution is 6.03. The van der Waals surface area contributed by atoms with Crippen LogP contribution in [0.3, 0.4) is 0 Å². The number of nitrogens with zero attached hydrogens (tertiary/aromatic N) is 3. The molecular formula is C56H65N3O14. The number of aliphatic hydroxyl groups is 2. The molecule has 2 aliphatic carbocycles. The second-order valence-corrected chi connectivity index (χ2v) is 19.0. The standard InChI is InChI=1S/C56H65N3O14/c1-2-26-70-56-51(58(35-39-20-22-49-50(30-39)69-37-68-49)55(62)67-29-28-65-36-38-13-4-3-5-14-38)34-47(57-73-52-19-8-11-27-66-52)45-31-40(15-6-9-24-60)44(18-7-10-25-61)53(54(45)56)46-33-43(21-23-48(46)72-56)71-42-17-12-16-41(32-42)59(63)64/h2-5,12-14,16-17,20-23,30-33,40,44,51-54,60-61H,1,6-11,15,18-19,24-29,34-37H2. The average Bonchev–Trinajstić information content (AvgIpc) is 3.89. The van der Waals surface area contributed by atoms with Gasteiger partial charge in [0.1, 0.15) is 29.9 Å². The van der Waals surface area contributed by atoms with Crippen LogP contribution in [0.1, 0.15) is 86.8 Å². The maximum Gasteiger partial charge on any atom is 0.410 e. The number of carbonyl (C=O) groups is 1. The van der Waals surface area contributed by atoms with Crippen LogP contribution in [0.25, 0.3) is 0 Å². The Morgan fingerprint density at radius 2 is 1.70 bits per heavy atom. The van der Waals surface area contributed by atoms with E-state index in [9.17, 15) is 20.3 Å². The van der Waals surface area contributed by atoms with E-state index in [0.717, 1.165) is 47.9 Å². The number of nitro benzene ring substituents is 1. The lowest BCUT2D eigenvalue weighted by atomic mass is 9.55. The number of carbonyl (C=O) groups excluding carboxylic acids is 1. The van der Waals surface area contributed by atoms with Crippen molar-refractivity contribution in [2.75, 3.05) is 46.4 Å². The van der Waals surface area contributed by atoms with Crippen LogP contribution < -0.4 is 18.9 Å². The Morgan fingerprint density at radius 3 is 2.49 bits per heavy atom. The fourth-order valence-corrected chi connectivity index (χ4v) is 11.0. The molecule has 388 valence electrons. The van der Waals surface area contributed by atoms with Crippen LogP contribution >= 0.6 is 0 Å². The van der Waals surface area contributed by atoms with E-state index in [1.807, 2.05) is 60.7 Å². The maximum atomic E-state index is 15.2. The monoisotopic (exact) mass is 1000 g/mol. The number of benzene rings is 4. The number of unbranched alkanes of at least 4 members (excludes halogenated alkanes) is 2. The van der Waals surface area contributed by atoms with Gasteiger partial charge in [-0.25, -0.2) is 4.79 Å². The van der Waals surface area contributed by atoms with Crippen molar-refractivity contribution in [3.63, 3.8) is 0 Å². The summed E-state index contributed by atoms with van der Waals surface area (Å²) >= 11 is 0. The van der Waals surface area contributed by atoms with Crippen molar-refractivity contribution in [1.29, 1.82) is 0 Å². The smallest absolute Gasteiger partial charge is 0.410 e. The zero-order valence-electron chi connectivity index (χ0n) is 41.1. The predicted molar refractivity (Wildman–Crippen MR) is 268 cm³/mol. The molecule has 73 heavy (non-hydrogen) atoms. The van der Waals surface area contributed by atoms with E-state index >= 15 is 4.79 Å². The molecule has 0 radical (unpaired) electrons. The second-order valence-electron chi connectivity index (χ2n) is 19.0. The summed E-state index contributed by atoms with van der Waals surface area (Å²) in [5.41, 5.74) is 3.87. The van der Waals surface area contributed by atoms with Crippen LogP contribution in [0.15, 0.2) is 120 Å². The number of aliphatic hydroxyl groups excluding tert-OH is 2. The number of non-ortho nitro benzene ring substituents is 1. The highest BCUT2D eigenvalue weighted by atomic mass is 16.8. The molecule has 9 rings (SSSR count). The molecule has 1 saturated heterocycles. The Morgan fingerprint density at radius 1 is 0.890 bits per heavy atom. The Hall–Kier alpha value is -6.50. The van der Waals surface area contributed by atoms with E-state index < -0.39 is 35.1 Å². The molecule has 1 amide bonds. The van der Waals surface area contributed by atoms with Crippen molar-refractivity contribution in [3.8, 4) is 28.7 Å². The minimum atomic E-state index is -1.61. The molecule has 4 aromatic rings. The van der Waals surface area contributed by atoms with Crippen molar-refractivity contribution in [2.24, 2.45) is 22.9 Å². The molecule has 1 saturated carbocycles. The van der Waals surface area contributed by atoms with Crippen LogP contribution in [0, 0.1) is 27.9 Å². The molecular weight excluding hydrogens is 939 g/mol. The fourth-order valence-electron chi connectivity index (χ4n) is 11.0. The van der Waals surface area contributed by atoms with Crippen molar-refractivity contribution < 1.29 is 62.7 Å². The summed E-state index contributed by atoms with van der Waals surface area (Å²) in [5, 5.41) is 36.9. The molecule has 3 aliphatic heterocycles. The first-order valence-electron chi connectivity index (χ1n) is 25.5. The summed E-state index contributed by atoms with van der Waals surface area (Å²) in [6.07, 6.45) is 9.46. The number of oxime groups is 1. The van der Waals surface area contributed by atoms with E-state index in [0.29, 0.717) is 74.0 Å². The first kappa shape index (κ1) is 51.4. The highest BCUT2D eigenvalue weighted by Crippen LogP contribution is 2.62. The first-order valence-corrected chi connectivity index (χ1v) is 25.5. The number of hydrogen-bond donors (Lipinski definition) is 2. The summed E-state index contributed by atoms with van der Waals surface area (Å²) in [4.78, 5) is 34.5. The lowest BCUT2D eigenvalue weighted by molar-refractivity contribution is -0.384. The van der Waals surface area contributed by atoms with Crippen molar-refractivity contribution in [1.82, 2.24) is 4.90 Å². The summed E-state index contributed by atoms with van der Waals surface area (Å²) in [5.74, 6) is -0.384. The molecule has 17 nitrogen and oxygen atoms in total. The van der Waals surface area contributed by atoms with Gasteiger partial charge in [0.25, 0.3) is 5.69 Å². The van der Waals surface area contributed by atoms with Crippen LogP contribution in [-0.2, 0) is 36.9 Å². The molecule has 7 atom stereocenters. The molecule has 0 aromatic heterocycles. The number of hydrogen-bond acceptors (Lipinski definition) is 15. The van der Waals surface area contributed by atoms with Gasteiger partial charge in [-0.15, -0.1) is 6.58 Å². The third-order valence-electron chi connectivity index (χ3n) is 14.3. The van der Waals surface area contributed by atoms with Gasteiger partial charge in [0.2, 0.25) is 18.9 Å². The maximum absolute atomic E-state index is 15.2. The van der Waals surface area contributed by atoms with Crippen molar-refractivity contribution >= 4 is 17.5 Å². The van der Waals surface area contributed by atoms with Crippen LogP contribution in [0.5, 0.6) is 28.7 Å². The average molecular weight is 1000 g/mol. The topological polar surface area (TPSA) is 199 Å². The van der Waals surface area contributed by atoms with Gasteiger partial charge in [-0.1, -0.05) is 72.6 Å². The van der Waals surface area contributed by atoms with Gasteiger partial charge in [0.05, 0.1) is 49.0 Å². The number of amides is 1. The molecule has 5 aliphatic rings. The van der Waals surface area contributed by atoms with E-state index in [1.54, 1.807) is 29.2 Å². The molecule has 7 unspecified atom stereocenters. The molecule has 17 heteroatoms. The first-order chi connectivity index (χ1) is 35.8. The van der Waals surface area contributed by atoms with Crippen molar-refractivity contribution in [2.45, 2.75) is 101 Å². The van der Waals surface area contributed by atoms with Gasteiger partial charge < -0.3 is 52.9 Å². The highest BCUT2D eigenvalue weighted by Gasteiger charge is 2.66. The van der Waals surface area contributed by atoms with Gasteiger partial charge in [-0.05, 0) is 103 Å². The SMILES string of the molecule is C=CCOC12Oc3ccc(Oc4cccc([N+](=O)[O-])c4)cc3C3C(CCCCO)C(CCCCO)C=C(C(=NOC4CCCCO4)CC1N(Cc1ccc4c(c1)OCO4)C(=O)OCCOCc1ccccc1)C32. The Kier molecular flexibility index (Phi) is 17.2. The molecule has 3 heterocycles. The zero-order valence-corrected chi connectivity index (χ0v) is 41.1. The van der Waals surface area contributed by atoms with Crippen LogP contribution in [0.4, 0.5) is 10.5 Å². The van der Waals surface area contributed by atoms with E-state index in [2.05, 4.69) is 12.7 Å². The van der Waals surface area contributed by atoms with Gasteiger partial charge in [0.15, 0.2) is 11.5 Å². The summed E-state index contributed by atoms with van der Waals surface area (Å²) in [7, 11) is 0. The number of ether oxygens (including phenoxy) is 8. The Balaban J connectivity index is 1.19. The van der Waals surface area contributed by atoms with Crippen LogP contribution in [-0.4, -0.2) is 96.4 Å². The van der Waals surface area contributed by atoms with Gasteiger partial charge >= 0.3 is 6.09 Å². The largest absolute Gasteiger partial charge is 0.459 e. The predicted octanol–water partition coefficient (Wildman–Crippen LogP) is 10.1. The molecule has 0 bridgehead atoms. The normalized spacial score (nSPS) is 24.1. The number of allylic oxidation sites excluding steroid dienone is 1. The van der Waals surface area contributed by atoms with Gasteiger partial charge in [-0.3, -0.25) is 15.0 Å². The Bertz CT molecular complexity index is 2590. The third-order valence-corrected chi connectivity index (χ3v) is 14.3. The van der Waals surface area contributed by atoms with Gasteiger partial charge in [0, 0.05) is 50.1 Å². The van der Waals surface area contributed by atoms with E-state index in [1.165, 1.54) is 12.1 Å². The number of rotatable bonds is 24. The quantitative estimate of drug-likeness (QED) is 0.0291. The molecule has 0 spiro atoms. The zero-order chi connectivity index (χ0) is 50.6. The van der Waals surface area contributed by atoms with Crippen molar-refractivity contribution in [3.05, 3.63) is 142 Å². The van der Waals surface area contributed by atoms with E-state index in [4.69, 9.17) is 47.9 Å². The minimum Gasteiger partial charge on any atom is -0.459 e. The number of nitro groups is 1. The lowest BCUT2D eigenvalue weighted by Gasteiger charge is -2.59. The fraction of sp³-hybridized carbons (Fsp3) is 0.464. The van der Waals surface area contributed by atoms with E-state index in [-0.39, 0.29) is 82.0 Å². The number of fused-ring (bicyclic) bond motifs is 3. The molecule has 4 aromatic carbocycles. The summed E-state index contributed by atoms with van der Waals surface area (Å²) in [6, 6.07) is 26.0. The molecule has 2 fully saturated rings. The minimum absolute atomic E-state index is 0.0258. The third kappa shape index (κ3) is 12.0. The Labute approximate surface area is 425 Å².